The number of hydrogen-bond acceptors (Lipinski definition) is 2. The maximum absolute atomic E-state index is 11.4. The molecule has 0 aliphatic carbocycles. The first-order valence-corrected chi connectivity index (χ1v) is 7.32. The van der Waals surface area contributed by atoms with Crippen molar-refractivity contribution in [2.75, 3.05) is 11.9 Å². The maximum atomic E-state index is 11.4. The van der Waals surface area contributed by atoms with Gasteiger partial charge in [0.25, 0.3) is 5.91 Å². The third kappa shape index (κ3) is 3.19. The fourth-order valence-corrected chi connectivity index (χ4v) is 2.66. The van der Waals surface area contributed by atoms with Crippen LogP contribution in [0.5, 0.6) is 5.75 Å². The summed E-state index contributed by atoms with van der Waals surface area (Å²) >= 11 is 6.51. The molecule has 4 heteroatoms. The van der Waals surface area contributed by atoms with Crippen molar-refractivity contribution in [3.63, 3.8) is 0 Å². The number of amides is 1. The molecule has 1 amide bonds. The monoisotopic (exact) mass is 301 g/mol. The zero-order chi connectivity index (χ0) is 14.8. The molecule has 1 unspecified atom stereocenters. The van der Waals surface area contributed by atoms with Crippen LogP contribution in [0.4, 0.5) is 5.69 Å². The van der Waals surface area contributed by atoms with Crippen molar-refractivity contribution >= 4 is 23.2 Å². The van der Waals surface area contributed by atoms with E-state index in [-0.39, 0.29) is 17.9 Å². The minimum absolute atomic E-state index is 0.0695. The van der Waals surface area contributed by atoms with Gasteiger partial charge in [-0.05, 0) is 36.6 Å². The molecule has 0 aromatic heterocycles. The standard InChI is InChI=1S/C17H16ClNO2/c1-11-2-4-12(5-3-11)8-14(18)13-6-7-16-15(9-13)19-17(20)10-21-16/h2-7,9,14H,8,10H2,1H3,(H,19,20). The Bertz CT molecular complexity index is 667. The number of fused-ring (bicyclic) bond motifs is 1. The number of halogens is 1. The number of benzene rings is 2. The van der Waals surface area contributed by atoms with Gasteiger partial charge >= 0.3 is 0 Å². The fourth-order valence-electron chi connectivity index (χ4n) is 2.34. The first-order chi connectivity index (χ1) is 10.1. The van der Waals surface area contributed by atoms with Gasteiger partial charge < -0.3 is 10.1 Å². The number of hydrogen-bond donors (Lipinski definition) is 1. The van der Waals surface area contributed by atoms with Gasteiger partial charge in [0.05, 0.1) is 11.1 Å². The van der Waals surface area contributed by atoms with Crippen molar-refractivity contribution in [1.29, 1.82) is 0 Å². The molecule has 3 nitrogen and oxygen atoms in total. The molecule has 1 N–H and O–H groups in total. The second-order valence-electron chi connectivity index (χ2n) is 5.25. The van der Waals surface area contributed by atoms with Crippen LogP contribution in [-0.2, 0) is 11.2 Å². The predicted octanol–water partition coefficient (Wildman–Crippen LogP) is 3.85. The third-order valence-corrected chi connectivity index (χ3v) is 3.94. The molecule has 0 spiro atoms. The van der Waals surface area contributed by atoms with E-state index in [1.54, 1.807) is 0 Å². The van der Waals surface area contributed by atoms with Crippen LogP contribution in [-0.4, -0.2) is 12.5 Å². The van der Waals surface area contributed by atoms with E-state index >= 15 is 0 Å². The molecule has 0 saturated heterocycles. The largest absolute Gasteiger partial charge is 0.482 e. The average Bonchev–Trinajstić information content (AvgIpc) is 2.48. The number of ether oxygens (including phenoxy) is 1. The summed E-state index contributed by atoms with van der Waals surface area (Å²) in [6.45, 7) is 2.13. The average molecular weight is 302 g/mol. The highest BCUT2D eigenvalue weighted by Crippen LogP contribution is 2.33. The van der Waals surface area contributed by atoms with Crippen LogP contribution in [0.15, 0.2) is 42.5 Å². The molecule has 2 aromatic rings. The van der Waals surface area contributed by atoms with Gasteiger partial charge in [0.2, 0.25) is 0 Å². The molecule has 3 rings (SSSR count). The summed E-state index contributed by atoms with van der Waals surface area (Å²) in [7, 11) is 0. The summed E-state index contributed by atoms with van der Waals surface area (Å²) in [4.78, 5) is 11.4. The van der Waals surface area contributed by atoms with Crippen LogP contribution in [0.3, 0.4) is 0 Å². The van der Waals surface area contributed by atoms with Crippen LogP contribution in [0.1, 0.15) is 22.1 Å². The van der Waals surface area contributed by atoms with Crippen LogP contribution < -0.4 is 10.1 Å². The Hall–Kier alpha value is -2.00. The lowest BCUT2D eigenvalue weighted by Gasteiger charge is -2.19. The van der Waals surface area contributed by atoms with Crippen LogP contribution in [0.25, 0.3) is 0 Å². The molecule has 0 fully saturated rings. The Morgan fingerprint density at radius 3 is 2.76 bits per heavy atom. The van der Waals surface area contributed by atoms with Gasteiger partial charge in [-0.2, -0.15) is 0 Å². The number of rotatable bonds is 3. The number of aryl methyl sites for hydroxylation is 1. The lowest BCUT2D eigenvalue weighted by atomic mass is 10.0. The molecular formula is C17H16ClNO2. The van der Waals surface area contributed by atoms with Crippen molar-refractivity contribution in [2.45, 2.75) is 18.7 Å². The molecule has 108 valence electrons. The summed E-state index contributed by atoms with van der Waals surface area (Å²) in [6.07, 6.45) is 0.745. The van der Waals surface area contributed by atoms with Gasteiger partial charge in [-0.3, -0.25) is 4.79 Å². The Balaban J connectivity index is 1.78. The van der Waals surface area contributed by atoms with E-state index < -0.39 is 0 Å². The molecule has 1 heterocycles. The van der Waals surface area contributed by atoms with Gasteiger partial charge in [0.1, 0.15) is 5.75 Å². The van der Waals surface area contributed by atoms with Crippen LogP contribution in [0.2, 0.25) is 0 Å². The number of anilines is 1. The van der Waals surface area contributed by atoms with E-state index in [0.29, 0.717) is 11.4 Å². The van der Waals surface area contributed by atoms with E-state index in [4.69, 9.17) is 16.3 Å². The zero-order valence-corrected chi connectivity index (χ0v) is 12.5. The normalized spacial score (nSPS) is 14.9. The highest BCUT2D eigenvalue weighted by Gasteiger charge is 2.18. The second-order valence-corrected chi connectivity index (χ2v) is 5.78. The summed E-state index contributed by atoms with van der Waals surface area (Å²) in [5.41, 5.74) is 4.09. The molecule has 1 aliphatic rings. The van der Waals surface area contributed by atoms with E-state index in [1.807, 2.05) is 18.2 Å². The number of carbonyl (C=O) groups is 1. The highest BCUT2D eigenvalue weighted by atomic mass is 35.5. The van der Waals surface area contributed by atoms with Crippen molar-refractivity contribution in [1.82, 2.24) is 0 Å². The molecule has 0 saturated carbocycles. The molecule has 0 radical (unpaired) electrons. The minimum Gasteiger partial charge on any atom is -0.482 e. The van der Waals surface area contributed by atoms with Gasteiger partial charge in [0, 0.05) is 0 Å². The Kier molecular flexibility index (Phi) is 3.84. The lowest BCUT2D eigenvalue weighted by molar-refractivity contribution is -0.118. The first-order valence-electron chi connectivity index (χ1n) is 6.88. The van der Waals surface area contributed by atoms with Gasteiger partial charge in [0.15, 0.2) is 6.61 Å². The van der Waals surface area contributed by atoms with Crippen LogP contribution in [0, 0.1) is 6.92 Å². The van der Waals surface area contributed by atoms with Crippen molar-refractivity contribution in [3.8, 4) is 5.75 Å². The third-order valence-electron chi connectivity index (χ3n) is 3.53. The maximum Gasteiger partial charge on any atom is 0.262 e. The van der Waals surface area contributed by atoms with Gasteiger partial charge in [-0.25, -0.2) is 0 Å². The predicted molar refractivity (Wildman–Crippen MR) is 84.0 cm³/mol. The summed E-state index contributed by atoms with van der Waals surface area (Å²) in [6, 6.07) is 14.0. The first kappa shape index (κ1) is 14.0. The molecule has 1 aliphatic heterocycles. The molecule has 0 bridgehead atoms. The van der Waals surface area contributed by atoms with E-state index in [9.17, 15) is 4.79 Å². The second kappa shape index (κ2) is 5.78. The molecule has 2 aromatic carbocycles. The zero-order valence-electron chi connectivity index (χ0n) is 11.7. The SMILES string of the molecule is Cc1ccc(CC(Cl)c2ccc3c(c2)NC(=O)CO3)cc1. The Labute approximate surface area is 128 Å². The fraction of sp³-hybridized carbons (Fsp3) is 0.235. The Morgan fingerprint density at radius 2 is 2.00 bits per heavy atom. The quantitative estimate of drug-likeness (QED) is 0.875. The van der Waals surface area contributed by atoms with E-state index in [0.717, 1.165) is 12.0 Å². The number of alkyl halides is 1. The summed E-state index contributed by atoms with van der Waals surface area (Å²) in [5, 5.41) is 2.66. The summed E-state index contributed by atoms with van der Waals surface area (Å²) in [5.74, 6) is 0.557. The van der Waals surface area contributed by atoms with Crippen molar-refractivity contribution in [2.24, 2.45) is 0 Å². The topological polar surface area (TPSA) is 38.3 Å². The number of carbonyl (C=O) groups excluding carboxylic acids is 1. The van der Waals surface area contributed by atoms with Gasteiger partial charge in [-0.1, -0.05) is 35.9 Å². The van der Waals surface area contributed by atoms with E-state index in [2.05, 4.69) is 36.5 Å². The van der Waals surface area contributed by atoms with Gasteiger partial charge in [-0.15, -0.1) is 11.6 Å². The molecule has 1 atom stereocenters. The molecule has 21 heavy (non-hydrogen) atoms. The Morgan fingerprint density at radius 1 is 1.24 bits per heavy atom. The van der Waals surface area contributed by atoms with Crippen molar-refractivity contribution < 1.29 is 9.53 Å². The minimum atomic E-state index is -0.142. The van der Waals surface area contributed by atoms with Crippen molar-refractivity contribution in [3.05, 3.63) is 59.2 Å². The lowest BCUT2D eigenvalue weighted by Crippen LogP contribution is -2.25. The summed E-state index contributed by atoms with van der Waals surface area (Å²) < 4.78 is 5.35. The highest BCUT2D eigenvalue weighted by molar-refractivity contribution is 6.21. The smallest absolute Gasteiger partial charge is 0.262 e. The number of nitrogens with one attached hydrogen (secondary N) is 1. The van der Waals surface area contributed by atoms with Crippen LogP contribution >= 0.6 is 11.6 Å². The van der Waals surface area contributed by atoms with E-state index in [1.165, 1.54) is 11.1 Å². The molecular weight excluding hydrogens is 286 g/mol.